The van der Waals surface area contributed by atoms with Crippen LogP contribution in [0.5, 0.6) is 11.5 Å². The molecule has 34 heavy (non-hydrogen) atoms. The van der Waals surface area contributed by atoms with Crippen LogP contribution < -0.4 is 15.0 Å². The molecule has 0 bridgehead atoms. The number of nitrogens with zero attached hydrogens (tertiary/aromatic N) is 4. The van der Waals surface area contributed by atoms with Crippen LogP contribution in [0.1, 0.15) is 11.3 Å². The number of ether oxygens (including phenoxy) is 2. The molecule has 1 aromatic carbocycles. The molecule has 3 aromatic heterocycles. The summed E-state index contributed by atoms with van der Waals surface area (Å²) in [5, 5.41) is 3.46. The number of hydrogen-bond acceptors (Lipinski definition) is 7. The molecule has 4 aromatic rings. The fraction of sp³-hybridized carbons (Fsp3) is 0.222. The first kappa shape index (κ1) is 21.9. The SMILES string of the molecule is Cc1cc(Oc2ccnc(Nc3ccccc3N3CCOCC3)c2)c(-c2ccccn2)nc1C. The van der Waals surface area contributed by atoms with Gasteiger partial charge in [-0.05, 0) is 55.8 Å². The van der Waals surface area contributed by atoms with E-state index in [0.717, 1.165) is 54.6 Å². The standard InChI is InChI=1S/C27H27N5O2/c1-19-17-25(27(30-20(19)2)23-8-5-6-11-28-23)34-21-10-12-29-26(18-21)31-22-7-3-4-9-24(22)32-13-15-33-16-14-32/h3-12,17-18H,13-16H2,1-2H3,(H,29,31). The lowest BCUT2D eigenvalue weighted by Crippen LogP contribution is -2.36. The Labute approximate surface area is 199 Å². The molecule has 1 saturated heterocycles. The highest BCUT2D eigenvalue weighted by atomic mass is 16.5. The molecule has 7 nitrogen and oxygen atoms in total. The summed E-state index contributed by atoms with van der Waals surface area (Å²) in [5.41, 5.74) is 5.62. The lowest BCUT2D eigenvalue weighted by molar-refractivity contribution is 0.123. The molecule has 172 valence electrons. The van der Waals surface area contributed by atoms with E-state index in [0.29, 0.717) is 23.0 Å². The summed E-state index contributed by atoms with van der Waals surface area (Å²) in [6.07, 6.45) is 3.50. The van der Waals surface area contributed by atoms with Crippen molar-refractivity contribution in [2.24, 2.45) is 0 Å². The number of benzene rings is 1. The Balaban J connectivity index is 1.42. The Morgan fingerprint density at radius 1 is 0.912 bits per heavy atom. The summed E-state index contributed by atoms with van der Waals surface area (Å²) in [5.74, 6) is 2.03. The monoisotopic (exact) mass is 453 g/mol. The number of hydrogen-bond donors (Lipinski definition) is 1. The average molecular weight is 454 g/mol. The molecule has 4 heterocycles. The second-order valence-corrected chi connectivity index (χ2v) is 8.17. The first-order chi connectivity index (χ1) is 16.7. The van der Waals surface area contributed by atoms with Crippen molar-refractivity contribution >= 4 is 17.2 Å². The molecule has 0 radical (unpaired) electrons. The van der Waals surface area contributed by atoms with E-state index in [9.17, 15) is 0 Å². The maximum Gasteiger partial charge on any atom is 0.155 e. The molecule has 1 aliphatic heterocycles. The number of anilines is 3. The summed E-state index contributed by atoms with van der Waals surface area (Å²) in [6, 6.07) is 19.8. The number of morpholine rings is 1. The van der Waals surface area contributed by atoms with Crippen molar-refractivity contribution in [1.82, 2.24) is 15.0 Å². The van der Waals surface area contributed by atoms with Crippen molar-refractivity contribution < 1.29 is 9.47 Å². The zero-order chi connectivity index (χ0) is 23.3. The molecular formula is C27H27N5O2. The summed E-state index contributed by atoms with van der Waals surface area (Å²) >= 11 is 0. The third-order valence-corrected chi connectivity index (χ3v) is 5.82. The van der Waals surface area contributed by atoms with Crippen LogP contribution in [0.25, 0.3) is 11.4 Å². The number of aryl methyl sites for hydroxylation is 2. The van der Waals surface area contributed by atoms with E-state index in [2.05, 4.69) is 38.4 Å². The van der Waals surface area contributed by atoms with Crippen LogP contribution in [0, 0.1) is 13.8 Å². The minimum absolute atomic E-state index is 0.660. The van der Waals surface area contributed by atoms with Gasteiger partial charge in [0.2, 0.25) is 0 Å². The largest absolute Gasteiger partial charge is 0.455 e. The van der Waals surface area contributed by atoms with Gasteiger partial charge in [-0.15, -0.1) is 0 Å². The van der Waals surface area contributed by atoms with E-state index in [1.807, 2.05) is 56.3 Å². The molecule has 1 fully saturated rings. The highest BCUT2D eigenvalue weighted by molar-refractivity contribution is 5.74. The first-order valence-corrected chi connectivity index (χ1v) is 11.4. The maximum absolute atomic E-state index is 6.32. The average Bonchev–Trinajstić information content (AvgIpc) is 2.88. The molecule has 1 N–H and O–H groups in total. The van der Waals surface area contributed by atoms with E-state index in [1.54, 1.807) is 12.4 Å². The van der Waals surface area contributed by atoms with E-state index in [-0.39, 0.29) is 0 Å². The van der Waals surface area contributed by atoms with Crippen molar-refractivity contribution in [2.75, 3.05) is 36.5 Å². The van der Waals surface area contributed by atoms with Gasteiger partial charge in [0, 0.05) is 37.2 Å². The number of nitrogens with one attached hydrogen (secondary N) is 1. The maximum atomic E-state index is 6.32. The van der Waals surface area contributed by atoms with Crippen LogP contribution in [0.3, 0.4) is 0 Å². The van der Waals surface area contributed by atoms with Crippen molar-refractivity contribution in [3.8, 4) is 22.9 Å². The van der Waals surface area contributed by atoms with Crippen LogP contribution in [0.4, 0.5) is 17.2 Å². The molecule has 0 saturated carbocycles. The van der Waals surface area contributed by atoms with Gasteiger partial charge in [-0.1, -0.05) is 18.2 Å². The zero-order valence-electron chi connectivity index (χ0n) is 19.4. The van der Waals surface area contributed by atoms with Gasteiger partial charge in [0.25, 0.3) is 0 Å². The van der Waals surface area contributed by atoms with E-state index in [1.165, 1.54) is 0 Å². The molecule has 0 unspecified atom stereocenters. The Morgan fingerprint density at radius 2 is 1.74 bits per heavy atom. The molecule has 0 atom stereocenters. The quantitative estimate of drug-likeness (QED) is 0.412. The van der Waals surface area contributed by atoms with Crippen LogP contribution >= 0.6 is 0 Å². The van der Waals surface area contributed by atoms with Crippen LogP contribution in [-0.4, -0.2) is 41.3 Å². The Bertz CT molecular complexity index is 1270. The Morgan fingerprint density at radius 3 is 2.56 bits per heavy atom. The first-order valence-electron chi connectivity index (χ1n) is 11.4. The van der Waals surface area contributed by atoms with Gasteiger partial charge in [-0.3, -0.25) is 4.98 Å². The van der Waals surface area contributed by atoms with Crippen molar-refractivity contribution in [3.63, 3.8) is 0 Å². The molecule has 7 heteroatoms. The lowest BCUT2D eigenvalue weighted by Gasteiger charge is -2.30. The number of aromatic nitrogens is 3. The van der Waals surface area contributed by atoms with Gasteiger partial charge in [0.15, 0.2) is 5.75 Å². The minimum Gasteiger partial charge on any atom is -0.455 e. The summed E-state index contributed by atoms with van der Waals surface area (Å²) in [7, 11) is 0. The topological polar surface area (TPSA) is 72.4 Å². The molecular weight excluding hydrogens is 426 g/mol. The van der Waals surface area contributed by atoms with E-state index in [4.69, 9.17) is 14.5 Å². The molecule has 0 amide bonds. The van der Waals surface area contributed by atoms with Crippen molar-refractivity contribution in [1.29, 1.82) is 0 Å². The summed E-state index contributed by atoms with van der Waals surface area (Å²) in [4.78, 5) is 16.1. The molecule has 1 aliphatic rings. The van der Waals surface area contributed by atoms with Crippen LogP contribution in [0.2, 0.25) is 0 Å². The molecule has 0 spiro atoms. The summed E-state index contributed by atoms with van der Waals surface area (Å²) < 4.78 is 11.8. The lowest BCUT2D eigenvalue weighted by atomic mass is 10.1. The van der Waals surface area contributed by atoms with E-state index < -0.39 is 0 Å². The smallest absolute Gasteiger partial charge is 0.155 e. The fourth-order valence-electron chi connectivity index (χ4n) is 3.91. The highest BCUT2D eigenvalue weighted by Crippen LogP contribution is 2.34. The second-order valence-electron chi connectivity index (χ2n) is 8.17. The molecule has 0 aliphatic carbocycles. The van der Waals surface area contributed by atoms with Gasteiger partial charge in [0.05, 0.1) is 30.3 Å². The van der Waals surface area contributed by atoms with Crippen LogP contribution in [-0.2, 0) is 4.74 Å². The van der Waals surface area contributed by atoms with Gasteiger partial charge in [-0.2, -0.15) is 0 Å². The van der Waals surface area contributed by atoms with Gasteiger partial charge >= 0.3 is 0 Å². The normalized spacial score (nSPS) is 13.5. The van der Waals surface area contributed by atoms with Gasteiger partial charge in [-0.25, -0.2) is 9.97 Å². The molecule has 5 rings (SSSR count). The summed E-state index contributed by atoms with van der Waals surface area (Å²) in [6.45, 7) is 7.22. The van der Waals surface area contributed by atoms with Gasteiger partial charge in [0.1, 0.15) is 17.3 Å². The predicted molar refractivity (Wildman–Crippen MR) is 134 cm³/mol. The number of para-hydroxylation sites is 2. The number of rotatable bonds is 6. The van der Waals surface area contributed by atoms with Gasteiger partial charge < -0.3 is 19.7 Å². The number of pyridine rings is 3. The second kappa shape index (κ2) is 9.89. The van der Waals surface area contributed by atoms with Crippen molar-refractivity contribution in [3.05, 3.63) is 84.3 Å². The Kier molecular flexibility index (Phi) is 6.35. The fourth-order valence-corrected chi connectivity index (χ4v) is 3.91. The highest BCUT2D eigenvalue weighted by Gasteiger charge is 2.16. The third kappa shape index (κ3) is 4.84. The predicted octanol–water partition coefficient (Wildman–Crippen LogP) is 5.53. The van der Waals surface area contributed by atoms with Crippen LogP contribution in [0.15, 0.2) is 73.1 Å². The zero-order valence-corrected chi connectivity index (χ0v) is 19.4. The van der Waals surface area contributed by atoms with E-state index >= 15 is 0 Å². The Hall–Kier alpha value is -3.97. The van der Waals surface area contributed by atoms with Crippen molar-refractivity contribution in [2.45, 2.75) is 13.8 Å². The third-order valence-electron chi connectivity index (χ3n) is 5.82. The minimum atomic E-state index is 0.660.